The minimum Gasteiger partial charge on any atom is -0.319 e. The summed E-state index contributed by atoms with van der Waals surface area (Å²) in [6.07, 6.45) is 2.12. The summed E-state index contributed by atoms with van der Waals surface area (Å²) in [7, 11) is 0. The molecule has 4 unspecified atom stereocenters. The predicted molar refractivity (Wildman–Crippen MR) is 75.3 cm³/mol. The molecule has 1 saturated heterocycles. The minimum atomic E-state index is -0.243. The SMILES string of the molecule is CC1CCC(N2C(=O)CNC2c2ccc(F)cc2)C1C. The second-order valence-electron chi connectivity index (χ2n) is 6.12. The Balaban J connectivity index is 1.87. The van der Waals surface area contributed by atoms with Gasteiger partial charge in [-0.2, -0.15) is 0 Å². The van der Waals surface area contributed by atoms with E-state index in [0.29, 0.717) is 24.4 Å². The van der Waals surface area contributed by atoms with E-state index in [0.717, 1.165) is 12.0 Å². The highest BCUT2D eigenvalue weighted by Crippen LogP contribution is 2.39. The first kappa shape index (κ1) is 13.6. The maximum atomic E-state index is 13.1. The van der Waals surface area contributed by atoms with Gasteiger partial charge in [0.05, 0.1) is 6.54 Å². The molecular formula is C16H21FN2O. The molecule has 1 aromatic carbocycles. The third-order valence-corrected chi connectivity index (χ3v) is 4.98. The van der Waals surface area contributed by atoms with Gasteiger partial charge in [0.25, 0.3) is 0 Å². The lowest BCUT2D eigenvalue weighted by atomic mass is 9.96. The van der Waals surface area contributed by atoms with E-state index in [1.165, 1.54) is 18.6 Å². The third kappa shape index (κ3) is 2.22. The highest BCUT2D eigenvalue weighted by molar-refractivity contribution is 5.81. The van der Waals surface area contributed by atoms with E-state index in [1.54, 1.807) is 12.1 Å². The molecule has 2 fully saturated rings. The number of amides is 1. The van der Waals surface area contributed by atoms with E-state index in [9.17, 15) is 9.18 Å². The van der Waals surface area contributed by atoms with Crippen LogP contribution in [-0.2, 0) is 4.79 Å². The number of rotatable bonds is 2. The van der Waals surface area contributed by atoms with Crippen LogP contribution in [0, 0.1) is 17.7 Å². The first-order chi connectivity index (χ1) is 9.58. The predicted octanol–water partition coefficient (Wildman–Crippen LogP) is 2.69. The zero-order valence-electron chi connectivity index (χ0n) is 12.0. The van der Waals surface area contributed by atoms with E-state index in [4.69, 9.17) is 0 Å². The van der Waals surface area contributed by atoms with Crippen LogP contribution in [0.3, 0.4) is 0 Å². The van der Waals surface area contributed by atoms with Crippen LogP contribution < -0.4 is 5.32 Å². The summed E-state index contributed by atoms with van der Waals surface area (Å²) < 4.78 is 13.1. The van der Waals surface area contributed by atoms with Crippen molar-refractivity contribution >= 4 is 5.91 Å². The van der Waals surface area contributed by atoms with Gasteiger partial charge < -0.3 is 4.90 Å². The third-order valence-electron chi connectivity index (χ3n) is 4.98. The molecule has 1 N–H and O–H groups in total. The van der Waals surface area contributed by atoms with Gasteiger partial charge in [-0.3, -0.25) is 10.1 Å². The zero-order chi connectivity index (χ0) is 14.3. The van der Waals surface area contributed by atoms with Gasteiger partial charge in [0.15, 0.2) is 0 Å². The Labute approximate surface area is 119 Å². The van der Waals surface area contributed by atoms with Crippen molar-refractivity contribution in [3.63, 3.8) is 0 Å². The van der Waals surface area contributed by atoms with Crippen molar-refractivity contribution in [3.8, 4) is 0 Å². The number of hydrogen-bond donors (Lipinski definition) is 1. The fourth-order valence-electron chi connectivity index (χ4n) is 3.55. The number of hydrogen-bond acceptors (Lipinski definition) is 2. The standard InChI is InChI=1S/C16H21FN2O/c1-10-3-8-14(11(10)2)19-15(20)9-18-16(19)12-4-6-13(17)7-5-12/h4-7,10-11,14,16,18H,3,8-9H2,1-2H3. The molecule has 1 aromatic rings. The molecule has 0 aromatic heterocycles. The van der Waals surface area contributed by atoms with Crippen LogP contribution in [0.5, 0.6) is 0 Å². The van der Waals surface area contributed by atoms with Gasteiger partial charge in [0.2, 0.25) is 5.91 Å². The van der Waals surface area contributed by atoms with E-state index in [1.807, 2.05) is 4.90 Å². The van der Waals surface area contributed by atoms with Crippen molar-refractivity contribution in [2.75, 3.05) is 6.54 Å². The first-order valence-corrected chi connectivity index (χ1v) is 7.38. The van der Waals surface area contributed by atoms with Gasteiger partial charge in [-0.15, -0.1) is 0 Å². The van der Waals surface area contributed by atoms with Gasteiger partial charge in [0, 0.05) is 6.04 Å². The molecule has 0 radical (unpaired) electrons. The maximum absolute atomic E-state index is 13.1. The molecule has 4 heteroatoms. The number of nitrogens with zero attached hydrogens (tertiary/aromatic N) is 1. The van der Waals surface area contributed by atoms with Crippen molar-refractivity contribution in [2.24, 2.45) is 11.8 Å². The highest BCUT2D eigenvalue weighted by Gasteiger charge is 2.42. The highest BCUT2D eigenvalue weighted by atomic mass is 19.1. The largest absolute Gasteiger partial charge is 0.319 e. The number of benzene rings is 1. The Hall–Kier alpha value is -1.42. The van der Waals surface area contributed by atoms with Crippen LogP contribution in [0.1, 0.15) is 38.4 Å². The van der Waals surface area contributed by atoms with Crippen molar-refractivity contribution < 1.29 is 9.18 Å². The summed E-state index contributed by atoms with van der Waals surface area (Å²) in [5.41, 5.74) is 0.962. The Morgan fingerprint density at radius 3 is 2.50 bits per heavy atom. The average Bonchev–Trinajstić information content (AvgIpc) is 2.96. The molecule has 4 atom stereocenters. The summed E-state index contributed by atoms with van der Waals surface area (Å²) in [5.74, 6) is 1.09. The minimum absolute atomic E-state index is 0.110. The maximum Gasteiger partial charge on any atom is 0.238 e. The summed E-state index contributed by atoms with van der Waals surface area (Å²) in [4.78, 5) is 14.2. The molecule has 2 aliphatic rings. The summed E-state index contributed by atoms with van der Waals surface area (Å²) in [6, 6.07) is 6.74. The van der Waals surface area contributed by atoms with E-state index in [2.05, 4.69) is 19.2 Å². The molecule has 1 saturated carbocycles. The molecule has 108 valence electrons. The first-order valence-electron chi connectivity index (χ1n) is 7.38. The smallest absolute Gasteiger partial charge is 0.238 e. The monoisotopic (exact) mass is 276 g/mol. The second-order valence-corrected chi connectivity index (χ2v) is 6.12. The van der Waals surface area contributed by atoms with Crippen molar-refractivity contribution in [2.45, 2.75) is 38.9 Å². The van der Waals surface area contributed by atoms with Crippen LogP contribution in [0.25, 0.3) is 0 Å². The lowest BCUT2D eigenvalue weighted by Gasteiger charge is -2.34. The Morgan fingerprint density at radius 2 is 1.90 bits per heavy atom. The lowest BCUT2D eigenvalue weighted by Crippen LogP contribution is -2.41. The molecule has 0 spiro atoms. The van der Waals surface area contributed by atoms with Crippen LogP contribution >= 0.6 is 0 Å². The average molecular weight is 276 g/mol. The number of nitrogens with one attached hydrogen (secondary N) is 1. The molecular weight excluding hydrogens is 255 g/mol. The van der Waals surface area contributed by atoms with Gasteiger partial charge in [-0.1, -0.05) is 26.0 Å². The molecule has 0 bridgehead atoms. The van der Waals surface area contributed by atoms with E-state index < -0.39 is 0 Å². The van der Waals surface area contributed by atoms with E-state index in [-0.39, 0.29) is 17.9 Å². The zero-order valence-corrected chi connectivity index (χ0v) is 12.0. The molecule has 3 nitrogen and oxygen atoms in total. The second kappa shape index (κ2) is 5.17. The molecule has 1 aliphatic carbocycles. The lowest BCUT2D eigenvalue weighted by molar-refractivity contribution is -0.131. The fraction of sp³-hybridized carbons (Fsp3) is 0.562. The molecule has 3 rings (SSSR count). The van der Waals surface area contributed by atoms with Gasteiger partial charge in [-0.25, -0.2) is 4.39 Å². The van der Waals surface area contributed by atoms with Crippen molar-refractivity contribution in [1.82, 2.24) is 10.2 Å². The van der Waals surface area contributed by atoms with E-state index >= 15 is 0 Å². The van der Waals surface area contributed by atoms with Crippen molar-refractivity contribution in [1.29, 1.82) is 0 Å². The number of carbonyl (C=O) groups excluding carboxylic acids is 1. The Kier molecular flexibility index (Phi) is 3.50. The summed E-state index contributed by atoms with van der Waals surface area (Å²) >= 11 is 0. The molecule has 1 aliphatic heterocycles. The number of carbonyl (C=O) groups is 1. The normalized spacial score (nSPS) is 34.0. The Bertz CT molecular complexity index is 502. The van der Waals surface area contributed by atoms with Crippen LogP contribution in [0.2, 0.25) is 0 Å². The summed E-state index contributed by atoms with van der Waals surface area (Å²) in [5, 5.41) is 3.26. The topological polar surface area (TPSA) is 32.3 Å². The van der Waals surface area contributed by atoms with Crippen molar-refractivity contribution in [3.05, 3.63) is 35.6 Å². The molecule has 20 heavy (non-hydrogen) atoms. The quantitative estimate of drug-likeness (QED) is 0.900. The van der Waals surface area contributed by atoms with Gasteiger partial charge in [0.1, 0.15) is 12.0 Å². The van der Waals surface area contributed by atoms with Gasteiger partial charge in [-0.05, 0) is 42.4 Å². The number of halogens is 1. The molecule has 1 heterocycles. The summed E-state index contributed by atoms with van der Waals surface area (Å²) in [6.45, 7) is 4.86. The Morgan fingerprint density at radius 1 is 1.20 bits per heavy atom. The van der Waals surface area contributed by atoms with Gasteiger partial charge >= 0.3 is 0 Å². The van der Waals surface area contributed by atoms with Crippen LogP contribution in [0.4, 0.5) is 4.39 Å². The fourth-order valence-corrected chi connectivity index (χ4v) is 3.55. The van der Waals surface area contributed by atoms with Crippen LogP contribution in [-0.4, -0.2) is 23.4 Å². The molecule has 1 amide bonds. The van der Waals surface area contributed by atoms with Crippen LogP contribution in [0.15, 0.2) is 24.3 Å².